The van der Waals surface area contributed by atoms with Crippen LogP contribution in [0.25, 0.3) is 43.6 Å². The van der Waals surface area contributed by atoms with Gasteiger partial charge in [-0.3, -0.25) is 9.59 Å². The number of carbonyl (C=O) groups is 4. The standard InChI is InChI=1S/C22H17ClN2O4.C22H16F2N2O4/c23-15-7-2-1-5-13(15)11-25-16-8-3-6-14(22(24)28)20(16)21-17(25)9-4-10-18(21)29-12-19(26)27;23-14-6-1-4-12(21(14)24)10-26-15-7-2-5-13(22(25)29)19(15)20-16(26)8-3-9-17(20)30-11-18(27)28/h1-10H,11-12H2,(H2,24,28)(H,26,27);1-9H,10-11H2,(H2,25,29)(H,27,28). The number of fused-ring (bicyclic) bond motifs is 6. The molecular formula is C44H33ClF2N4O8. The van der Waals surface area contributed by atoms with Crippen molar-refractivity contribution in [3.05, 3.63) is 154 Å². The summed E-state index contributed by atoms with van der Waals surface area (Å²) in [7, 11) is 0. The number of aliphatic carboxylic acids is 2. The van der Waals surface area contributed by atoms with Gasteiger partial charge in [0.05, 0.1) is 39.4 Å². The first-order valence-electron chi connectivity index (χ1n) is 17.9. The van der Waals surface area contributed by atoms with E-state index in [1.165, 1.54) is 12.1 Å². The summed E-state index contributed by atoms with van der Waals surface area (Å²) < 4.78 is 42.7. The summed E-state index contributed by atoms with van der Waals surface area (Å²) in [6.45, 7) is -0.628. The second-order valence-corrected chi connectivity index (χ2v) is 13.7. The quantitative estimate of drug-likeness (QED) is 0.0963. The van der Waals surface area contributed by atoms with Gasteiger partial charge in [-0.1, -0.05) is 66.2 Å². The van der Waals surface area contributed by atoms with Gasteiger partial charge in [-0.2, -0.15) is 0 Å². The van der Waals surface area contributed by atoms with E-state index >= 15 is 0 Å². The molecule has 0 fully saturated rings. The summed E-state index contributed by atoms with van der Waals surface area (Å²) in [5.74, 6) is -4.79. The van der Waals surface area contributed by atoms with Crippen LogP contribution in [0.1, 0.15) is 31.8 Å². The summed E-state index contributed by atoms with van der Waals surface area (Å²) in [5.41, 5.74) is 15.4. The maximum atomic E-state index is 14.3. The molecule has 0 saturated carbocycles. The van der Waals surface area contributed by atoms with E-state index in [9.17, 15) is 28.0 Å². The van der Waals surface area contributed by atoms with Gasteiger partial charge in [-0.05, 0) is 66.2 Å². The monoisotopic (exact) mass is 818 g/mol. The number of carboxylic acids is 2. The predicted molar refractivity (Wildman–Crippen MR) is 218 cm³/mol. The highest BCUT2D eigenvalue weighted by Crippen LogP contribution is 2.40. The largest absolute Gasteiger partial charge is 0.481 e. The van der Waals surface area contributed by atoms with Crippen LogP contribution in [-0.4, -0.2) is 56.3 Å². The number of aromatic nitrogens is 2. The molecule has 0 atom stereocenters. The van der Waals surface area contributed by atoms with Gasteiger partial charge in [0.1, 0.15) is 11.5 Å². The van der Waals surface area contributed by atoms with E-state index in [1.54, 1.807) is 65.2 Å². The number of ether oxygens (including phenoxy) is 2. The molecule has 12 nitrogen and oxygen atoms in total. The van der Waals surface area contributed by atoms with E-state index < -0.39 is 48.6 Å². The van der Waals surface area contributed by atoms with Gasteiger partial charge in [0, 0.05) is 39.0 Å². The molecular weight excluding hydrogens is 786 g/mol. The molecule has 6 N–H and O–H groups in total. The van der Waals surface area contributed by atoms with E-state index in [0.717, 1.165) is 22.7 Å². The Kier molecular flexibility index (Phi) is 11.2. The third-order valence-corrected chi connectivity index (χ3v) is 10.0. The van der Waals surface area contributed by atoms with Crippen molar-refractivity contribution < 1.29 is 47.6 Å². The van der Waals surface area contributed by atoms with Crippen LogP contribution in [0.3, 0.4) is 0 Å². The van der Waals surface area contributed by atoms with E-state index in [0.29, 0.717) is 55.5 Å². The fourth-order valence-corrected chi connectivity index (χ4v) is 7.41. The third-order valence-electron chi connectivity index (χ3n) is 9.64. The van der Waals surface area contributed by atoms with Gasteiger partial charge in [-0.25, -0.2) is 18.4 Å². The summed E-state index contributed by atoms with van der Waals surface area (Å²) in [5, 5.41) is 20.8. The molecule has 0 radical (unpaired) electrons. The SMILES string of the molecule is NC(=O)c1cccc2c1c1c(OCC(=O)O)cccc1n2Cc1cccc(F)c1F.NC(=O)c1cccc2c1c1c(OCC(=O)O)cccc1n2Cc1ccccc1Cl. The number of hydrogen-bond donors (Lipinski definition) is 4. The van der Waals surface area contributed by atoms with Gasteiger partial charge in [0.15, 0.2) is 24.8 Å². The lowest BCUT2D eigenvalue weighted by atomic mass is 10.1. The molecule has 0 unspecified atom stereocenters. The Morgan fingerprint density at radius 1 is 0.542 bits per heavy atom. The molecule has 298 valence electrons. The maximum Gasteiger partial charge on any atom is 0.341 e. The average Bonchev–Trinajstić information content (AvgIpc) is 3.71. The molecule has 15 heteroatoms. The zero-order valence-corrected chi connectivity index (χ0v) is 31.6. The lowest BCUT2D eigenvalue weighted by Crippen LogP contribution is -2.11. The Morgan fingerprint density at radius 2 is 0.949 bits per heavy atom. The van der Waals surface area contributed by atoms with Crippen LogP contribution in [0.15, 0.2) is 115 Å². The second kappa shape index (κ2) is 16.6. The molecule has 2 aromatic heterocycles. The van der Waals surface area contributed by atoms with Crippen molar-refractivity contribution in [1.82, 2.24) is 9.13 Å². The first-order chi connectivity index (χ1) is 28.3. The van der Waals surface area contributed by atoms with Crippen molar-refractivity contribution in [1.29, 1.82) is 0 Å². The van der Waals surface area contributed by atoms with Gasteiger partial charge >= 0.3 is 11.9 Å². The number of rotatable bonds is 12. The van der Waals surface area contributed by atoms with Crippen LogP contribution >= 0.6 is 11.6 Å². The third kappa shape index (κ3) is 7.81. The van der Waals surface area contributed by atoms with E-state index in [4.69, 9.17) is 42.8 Å². The topological polar surface area (TPSA) is 189 Å². The lowest BCUT2D eigenvalue weighted by molar-refractivity contribution is -0.140. The molecule has 2 heterocycles. The molecule has 6 aromatic carbocycles. The van der Waals surface area contributed by atoms with Gasteiger partial charge in [-0.15, -0.1) is 0 Å². The van der Waals surface area contributed by atoms with Crippen molar-refractivity contribution in [2.24, 2.45) is 11.5 Å². The first-order valence-corrected chi connectivity index (χ1v) is 18.3. The minimum atomic E-state index is -1.16. The van der Waals surface area contributed by atoms with Crippen molar-refractivity contribution >= 4 is 79.0 Å². The first kappa shape index (κ1) is 39.8. The number of hydrogen-bond acceptors (Lipinski definition) is 6. The van der Waals surface area contributed by atoms with Crippen molar-refractivity contribution in [2.75, 3.05) is 13.2 Å². The smallest absolute Gasteiger partial charge is 0.341 e. The zero-order valence-electron chi connectivity index (χ0n) is 30.8. The lowest BCUT2D eigenvalue weighted by Gasteiger charge is -2.10. The highest BCUT2D eigenvalue weighted by Gasteiger charge is 2.23. The molecule has 0 bridgehead atoms. The van der Waals surface area contributed by atoms with Crippen molar-refractivity contribution in [3.63, 3.8) is 0 Å². The second-order valence-electron chi connectivity index (χ2n) is 13.3. The van der Waals surface area contributed by atoms with Crippen LogP contribution < -0.4 is 20.9 Å². The zero-order chi connectivity index (χ0) is 42.0. The summed E-state index contributed by atoms with van der Waals surface area (Å²) in [6.07, 6.45) is 0. The van der Waals surface area contributed by atoms with E-state index in [-0.39, 0.29) is 23.4 Å². The Morgan fingerprint density at radius 3 is 1.41 bits per heavy atom. The number of benzene rings is 6. The molecule has 59 heavy (non-hydrogen) atoms. The van der Waals surface area contributed by atoms with Crippen LogP contribution in [0.5, 0.6) is 11.5 Å². The minimum Gasteiger partial charge on any atom is -0.481 e. The number of carboxylic acid groups (broad SMARTS) is 2. The molecule has 0 saturated heterocycles. The number of nitrogens with zero attached hydrogens (tertiary/aromatic N) is 2. The molecule has 0 spiro atoms. The van der Waals surface area contributed by atoms with Crippen LogP contribution in [0, 0.1) is 11.6 Å². The maximum absolute atomic E-state index is 14.3. The van der Waals surface area contributed by atoms with Gasteiger partial charge < -0.3 is 40.3 Å². The average molecular weight is 819 g/mol. The fourth-order valence-electron chi connectivity index (χ4n) is 7.22. The highest BCUT2D eigenvalue weighted by molar-refractivity contribution is 6.31. The van der Waals surface area contributed by atoms with E-state index in [2.05, 4.69) is 0 Å². The van der Waals surface area contributed by atoms with Crippen LogP contribution in [0.4, 0.5) is 8.78 Å². The van der Waals surface area contributed by atoms with E-state index in [1.807, 2.05) is 41.0 Å². The number of nitrogens with two attached hydrogens (primary N) is 2. The Labute approximate surface area is 338 Å². The summed E-state index contributed by atoms with van der Waals surface area (Å²) in [6, 6.07) is 32.0. The number of carbonyl (C=O) groups excluding carboxylic acids is 2. The normalized spacial score (nSPS) is 11.1. The van der Waals surface area contributed by atoms with Gasteiger partial charge in [0.25, 0.3) is 0 Å². The van der Waals surface area contributed by atoms with Crippen molar-refractivity contribution in [3.8, 4) is 11.5 Å². The van der Waals surface area contributed by atoms with Crippen molar-refractivity contribution in [2.45, 2.75) is 13.1 Å². The summed E-state index contributed by atoms with van der Waals surface area (Å²) in [4.78, 5) is 46.2. The molecule has 8 rings (SSSR count). The van der Waals surface area contributed by atoms with Crippen LogP contribution in [0.2, 0.25) is 5.02 Å². The number of primary amides is 2. The molecule has 2 amide bonds. The molecule has 0 aliphatic carbocycles. The Balaban J connectivity index is 0.000000179. The molecule has 0 aliphatic rings. The minimum absolute atomic E-state index is 0.0197. The molecule has 8 aromatic rings. The Hall–Kier alpha value is -7.45. The molecule has 0 aliphatic heterocycles. The van der Waals surface area contributed by atoms with Crippen LogP contribution in [-0.2, 0) is 22.7 Å². The summed E-state index contributed by atoms with van der Waals surface area (Å²) >= 11 is 6.36. The Bertz CT molecular complexity index is 2980. The van der Waals surface area contributed by atoms with Gasteiger partial charge in [0.2, 0.25) is 11.8 Å². The number of halogens is 3. The fraction of sp³-hybridized carbons (Fsp3) is 0.0909. The number of amides is 2. The predicted octanol–water partition coefficient (Wildman–Crippen LogP) is 7.74. The highest BCUT2D eigenvalue weighted by atomic mass is 35.5.